The van der Waals surface area contributed by atoms with E-state index in [9.17, 15) is 0 Å². The summed E-state index contributed by atoms with van der Waals surface area (Å²) in [5, 5.41) is 7.60. The number of rotatable bonds is 2. The fraction of sp³-hybridized carbons (Fsp3) is 0.273. The molecule has 2 rings (SSSR count). The first kappa shape index (κ1) is 10.2. The average molecular weight is 223 g/mol. The van der Waals surface area contributed by atoms with Crippen molar-refractivity contribution >= 4 is 11.6 Å². The van der Waals surface area contributed by atoms with Gasteiger partial charge in [0.25, 0.3) is 0 Å². The first-order valence-electron chi connectivity index (χ1n) is 4.72. The first-order chi connectivity index (χ1) is 7.18. The third-order valence-electron chi connectivity index (χ3n) is 2.16. The van der Waals surface area contributed by atoms with E-state index in [-0.39, 0.29) is 5.38 Å². The molecular formula is C11H11ClN2O. The van der Waals surface area contributed by atoms with Crippen LogP contribution in [0, 0.1) is 6.92 Å². The van der Waals surface area contributed by atoms with Crippen LogP contribution in [0.3, 0.4) is 0 Å². The Balaban J connectivity index is 2.42. The van der Waals surface area contributed by atoms with Gasteiger partial charge < -0.3 is 4.42 Å². The second-order valence-corrected chi connectivity index (χ2v) is 4.03. The fourth-order valence-electron chi connectivity index (χ4n) is 1.32. The van der Waals surface area contributed by atoms with Crippen LogP contribution < -0.4 is 0 Å². The molecule has 0 fully saturated rings. The van der Waals surface area contributed by atoms with Gasteiger partial charge in [-0.15, -0.1) is 21.8 Å². The summed E-state index contributed by atoms with van der Waals surface area (Å²) in [5.74, 6) is 0.977. The standard InChI is InChI=1S/C11H11ClN2O/c1-7-5-3-4-6-9(7)11-14-13-10(15-11)8(2)12/h3-6,8H,1-2H3. The van der Waals surface area contributed by atoms with E-state index in [4.69, 9.17) is 16.0 Å². The minimum atomic E-state index is -0.254. The van der Waals surface area contributed by atoms with E-state index in [1.807, 2.05) is 31.2 Å². The molecule has 78 valence electrons. The number of aromatic nitrogens is 2. The molecular weight excluding hydrogens is 212 g/mol. The Morgan fingerprint density at radius 1 is 1.27 bits per heavy atom. The number of aryl methyl sites for hydroxylation is 1. The maximum atomic E-state index is 5.85. The Hall–Kier alpha value is -1.35. The van der Waals surface area contributed by atoms with Gasteiger partial charge in [0.05, 0.1) is 0 Å². The van der Waals surface area contributed by atoms with Crippen molar-refractivity contribution in [3.05, 3.63) is 35.7 Å². The Morgan fingerprint density at radius 2 is 2.00 bits per heavy atom. The highest BCUT2D eigenvalue weighted by molar-refractivity contribution is 6.20. The molecule has 1 heterocycles. The second kappa shape index (κ2) is 4.03. The molecule has 4 heteroatoms. The maximum absolute atomic E-state index is 5.85. The summed E-state index contributed by atoms with van der Waals surface area (Å²) in [6.45, 7) is 3.81. The van der Waals surface area contributed by atoms with Crippen molar-refractivity contribution < 1.29 is 4.42 Å². The zero-order valence-electron chi connectivity index (χ0n) is 8.57. The molecule has 0 aliphatic rings. The molecule has 0 saturated carbocycles. The van der Waals surface area contributed by atoms with Crippen LogP contribution in [0.2, 0.25) is 0 Å². The molecule has 0 spiro atoms. The van der Waals surface area contributed by atoms with E-state index in [1.165, 1.54) is 0 Å². The van der Waals surface area contributed by atoms with Crippen LogP contribution in [0.1, 0.15) is 23.8 Å². The third-order valence-corrected chi connectivity index (χ3v) is 2.34. The summed E-state index contributed by atoms with van der Waals surface area (Å²) in [4.78, 5) is 0. The summed E-state index contributed by atoms with van der Waals surface area (Å²) < 4.78 is 5.46. The summed E-state index contributed by atoms with van der Waals surface area (Å²) in [6, 6.07) is 7.87. The fourth-order valence-corrected chi connectivity index (χ4v) is 1.41. The van der Waals surface area contributed by atoms with Crippen molar-refractivity contribution in [3.8, 4) is 11.5 Å². The lowest BCUT2D eigenvalue weighted by molar-refractivity contribution is 0.507. The van der Waals surface area contributed by atoms with E-state index < -0.39 is 0 Å². The molecule has 1 aromatic carbocycles. The zero-order chi connectivity index (χ0) is 10.8. The van der Waals surface area contributed by atoms with Gasteiger partial charge in [-0.25, -0.2) is 0 Å². The van der Waals surface area contributed by atoms with Crippen LogP contribution >= 0.6 is 11.6 Å². The number of hydrogen-bond donors (Lipinski definition) is 0. The Kier molecular flexibility index (Phi) is 2.73. The number of alkyl halides is 1. The summed E-state index contributed by atoms with van der Waals surface area (Å²) >= 11 is 5.85. The molecule has 15 heavy (non-hydrogen) atoms. The molecule has 0 aliphatic carbocycles. The van der Waals surface area contributed by atoms with Crippen molar-refractivity contribution in [1.29, 1.82) is 0 Å². The van der Waals surface area contributed by atoms with Gasteiger partial charge in [-0.3, -0.25) is 0 Å². The van der Waals surface area contributed by atoms with E-state index in [0.717, 1.165) is 11.1 Å². The van der Waals surface area contributed by atoms with Gasteiger partial charge in [-0.05, 0) is 25.5 Å². The van der Waals surface area contributed by atoms with Crippen LogP contribution in [-0.4, -0.2) is 10.2 Å². The van der Waals surface area contributed by atoms with Crippen molar-refractivity contribution in [3.63, 3.8) is 0 Å². The topological polar surface area (TPSA) is 38.9 Å². The molecule has 0 aliphatic heterocycles. The van der Waals surface area contributed by atoms with Gasteiger partial charge in [-0.2, -0.15) is 0 Å². The predicted molar refractivity (Wildman–Crippen MR) is 58.7 cm³/mol. The minimum absolute atomic E-state index is 0.254. The third kappa shape index (κ3) is 2.02. The van der Waals surface area contributed by atoms with Gasteiger partial charge in [0.15, 0.2) is 0 Å². The Morgan fingerprint density at radius 3 is 2.60 bits per heavy atom. The van der Waals surface area contributed by atoms with Gasteiger partial charge >= 0.3 is 0 Å². The second-order valence-electron chi connectivity index (χ2n) is 3.38. The highest BCUT2D eigenvalue weighted by atomic mass is 35.5. The molecule has 1 aromatic heterocycles. The molecule has 0 saturated heterocycles. The van der Waals surface area contributed by atoms with E-state index in [0.29, 0.717) is 11.8 Å². The van der Waals surface area contributed by atoms with Crippen molar-refractivity contribution in [2.75, 3.05) is 0 Å². The lowest BCUT2D eigenvalue weighted by atomic mass is 10.1. The Labute approximate surface area is 93.1 Å². The van der Waals surface area contributed by atoms with Crippen LogP contribution in [-0.2, 0) is 0 Å². The normalized spacial score (nSPS) is 12.7. The van der Waals surface area contributed by atoms with Crippen LogP contribution in [0.25, 0.3) is 11.5 Å². The predicted octanol–water partition coefficient (Wildman–Crippen LogP) is 3.34. The lowest BCUT2D eigenvalue weighted by Crippen LogP contribution is -1.82. The molecule has 3 nitrogen and oxygen atoms in total. The van der Waals surface area contributed by atoms with E-state index in [2.05, 4.69) is 10.2 Å². The van der Waals surface area contributed by atoms with Gasteiger partial charge in [-0.1, -0.05) is 18.2 Å². The zero-order valence-corrected chi connectivity index (χ0v) is 9.32. The largest absolute Gasteiger partial charge is 0.419 e. The van der Waals surface area contributed by atoms with Crippen LogP contribution in [0.4, 0.5) is 0 Å². The summed E-state index contributed by atoms with van der Waals surface area (Å²) in [6.07, 6.45) is 0. The molecule has 2 aromatic rings. The van der Waals surface area contributed by atoms with Crippen molar-refractivity contribution in [2.45, 2.75) is 19.2 Å². The molecule has 0 bridgehead atoms. The Bertz CT molecular complexity index is 465. The first-order valence-corrected chi connectivity index (χ1v) is 5.15. The summed E-state index contributed by atoms with van der Waals surface area (Å²) in [7, 11) is 0. The number of benzene rings is 1. The average Bonchev–Trinajstić information content (AvgIpc) is 2.67. The molecule has 1 unspecified atom stereocenters. The van der Waals surface area contributed by atoms with Gasteiger partial charge in [0.1, 0.15) is 5.38 Å². The SMILES string of the molecule is Cc1ccccc1-c1nnc(C(C)Cl)o1. The van der Waals surface area contributed by atoms with Gasteiger partial charge in [0, 0.05) is 5.56 Å². The number of nitrogens with zero attached hydrogens (tertiary/aromatic N) is 2. The smallest absolute Gasteiger partial charge is 0.248 e. The van der Waals surface area contributed by atoms with Crippen molar-refractivity contribution in [2.24, 2.45) is 0 Å². The highest BCUT2D eigenvalue weighted by Crippen LogP contribution is 2.25. The van der Waals surface area contributed by atoms with Crippen LogP contribution in [0.15, 0.2) is 28.7 Å². The molecule has 0 N–H and O–H groups in total. The number of hydrogen-bond acceptors (Lipinski definition) is 3. The molecule has 0 radical (unpaired) electrons. The number of halogens is 1. The molecule has 0 amide bonds. The quantitative estimate of drug-likeness (QED) is 0.732. The lowest BCUT2D eigenvalue weighted by Gasteiger charge is -1.98. The van der Waals surface area contributed by atoms with Gasteiger partial charge in [0.2, 0.25) is 11.8 Å². The van der Waals surface area contributed by atoms with E-state index in [1.54, 1.807) is 6.92 Å². The van der Waals surface area contributed by atoms with Crippen LogP contribution in [0.5, 0.6) is 0 Å². The highest BCUT2D eigenvalue weighted by Gasteiger charge is 2.13. The monoisotopic (exact) mass is 222 g/mol. The van der Waals surface area contributed by atoms with E-state index >= 15 is 0 Å². The maximum Gasteiger partial charge on any atom is 0.248 e. The van der Waals surface area contributed by atoms with Crippen molar-refractivity contribution in [1.82, 2.24) is 10.2 Å². The minimum Gasteiger partial charge on any atom is -0.419 e. The summed E-state index contributed by atoms with van der Waals surface area (Å²) in [5.41, 5.74) is 2.06. The molecule has 1 atom stereocenters.